The molecule has 0 N–H and O–H groups in total. The molecule has 0 aliphatic carbocycles. The minimum Gasteiger partial charge on any atom is -0.378 e. The lowest BCUT2D eigenvalue weighted by Crippen LogP contribution is -2.20. The SMILES string of the molecule is Cc1ccc(S(=O)(=O)OC[C@H]2CCO[C@H]2C)cc1. The molecule has 1 fully saturated rings. The number of rotatable bonds is 4. The fraction of sp³-hybridized carbons (Fsp3) is 0.538. The molecule has 0 saturated carbocycles. The summed E-state index contributed by atoms with van der Waals surface area (Å²) in [4.78, 5) is 0.208. The van der Waals surface area contributed by atoms with Gasteiger partial charge in [-0.05, 0) is 32.4 Å². The van der Waals surface area contributed by atoms with Gasteiger partial charge in [0.1, 0.15) is 0 Å². The Morgan fingerprint density at radius 1 is 1.33 bits per heavy atom. The first kappa shape index (κ1) is 13.5. The van der Waals surface area contributed by atoms with Crippen molar-refractivity contribution in [2.24, 2.45) is 5.92 Å². The first-order valence-electron chi connectivity index (χ1n) is 6.07. The Hall–Kier alpha value is -0.910. The van der Waals surface area contributed by atoms with Crippen molar-refractivity contribution in [3.8, 4) is 0 Å². The van der Waals surface area contributed by atoms with Crippen molar-refractivity contribution < 1.29 is 17.3 Å². The number of benzene rings is 1. The first-order valence-corrected chi connectivity index (χ1v) is 7.47. The number of hydrogen-bond acceptors (Lipinski definition) is 4. The van der Waals surface area contributed by atoms with Crippen LogP contribution in [0.4, 0.5) is 0 Å². The van der Waals surface area contributed by atoms with Crippen LogP contribution >= 0.6 is 0 Å². The summed E-state index contributed by atoms with van der Waals surface area (Å²) in [6.07, 6.45) is 0.920. The predicted octanol–water partition coefficient (Wildman–Crippen LogP) is 2.13. The number of hydrogen-bond donors (Lipinski definition) is 0. The highest BCUT2D eigenvalue weighted by molar-refractivity contribution is 7.86. The molecule has 18 heavy (non-hydrogen) atoms. The lowest BCUT2D eigenvalue weighted by Gasteiger charge is -2.14. The molecule has 100 valence electrons. The zero-order chi connectivity index (χ0) is 13.2. The first-order chi connectivity index (χ1) is 8.49. The van der Waals surface area contributed by atoms with Crippen LogP contribution < -0.4 is 0 Å². The van der Waals surface area contributed by atoms with Gasteiger partial charge < -0.3 is 4.74 Å². The topological polar surface area (TPSA) is 52.6 Å². The van der Waals surface area contributed by atoms with Gasteiger partial charge in [0.2, 0.25) is 0 Å². The van der Waals surface area contributed by atoms with Crippen LogP contribution in [0, 0.1) is 12.8 Å². The van der Waals surface area contributed by atoms with Crippen LogP contribution in [0.1, 0.15) is 18.9 Å². The van der Waals surface area contributed by atoms with Gasteiger partial charge in [-0.3, -0.25) is 4.18 Å². The summed E-state index contributed by atoms with van der Waals surface area (Å²) in [5.74, 6) is 0.158. The van der Waals surface area contributed by atoms with Crippen LogP contribution in [-0.4, -0.2) is 27.7 Å². The normalized spacial score (nSPS) is 24.3. The summed E-state index contributed by atoms with van der Waals surface area (Å²) in [7, 11) is -3.64. The second-order valence-corrected chi connectivity index (χ2v) is 6.29. The van der Waals surface area contributed by atoms with E-state index in [1.165, 1.54) is 0 Å². The molecular weight excluding hydrogens is 252 g/mol. The molecule has 1 aromatic rings. The Morgan fingerprint density at radius 3 is 2.56 bits per heavy atom. The predicted molar refractivity (Wildman–Crippen MR) is 67.8 cm³/mol. The Bertz CT molecular complexity index is 492. The fourth-order valence-electron chi connectivity index (χ4n) is 1.94. The summed E-state index contributed by atoms with van der Waals surface area (Å²) < 4.78 is 34.4. The molecule has 0 aromatic heterocycles. The molecule has 2 atom stereocenters. The van der Waals surface area contributed by atoms with E-state index >= 15 is 0 Å². The van der Waals surface area contributed by atoms with E-state index in [1.54, 1.807) is 24.3 Å². The Kier molecular flexibility index (Phi) is 4.04. The van der Waals surface area contributed by atoms with Crippen LogP contribution in [0.25, 0.3) is 0 Å². The molecule has 1 aliphatic rings. The van der Waals surface area contributed by atoms with E-state index in [1.807, 2.05) is 13.8 Å². The summed E-state index contributed by atoms with van der Waals surface area (Å²) >= 11 is 0. The molecule has 1 aliphatic heterocycles. The smallest absolute Gasteiger partial charge is 0.296 e. The second kappa shape index (κ2) is 5.38. The number of aryl methyl sites for hydroxylation is 1. The van der Waals surface area contributed by atoms with Crippen molar-refractivity contribution in [1.29, 1.82) is 0 Å². The van der Waals surface area contributed by atoms with Crippen LogP contribution in [0.15, 0.2) is 29.2 Å². The second-order valence-electron chi connectivity index (χ2n) is 4.68. The van der Waals surface area contributed by atoms with Crippen LogP contribution in [0.2, 0.25) is 0 Å². The summed E-state index contributed by atoms with van der Waals surface area (Å²) in [5, 5.41) is 0. The zero-order valence-corrected chi connectivity index (χ0v) is 11.4. The summed E-state index contributed by atoms with van der Waals surface area (Å²) in [5.41, 5.74) is 1.02. The number of ether oxygens (including phenoxy) is 1. The van der Waals surface area contributed by atoms with Crippen molar-refractivity contribution in [2.75, 3.05) is 13.2 Å². The minimum absolute atomic E-state index is 0.0678. The molecule has 1 saturated heterocycles. The molecule has 0 radical (unpaired) electrons. The van der Waals surface area contributed by atoms with Gasteiger partial charge >= 0.3 is 0 Å². The summed E-state index contributed by atoms with van der Waals surface area (Å²) in [6, 6.07) is 6.66. The monoisotopic (exact) mass is 270 g/mol. The van der Waals surface area contributed by atoms with Gasteiger partial charge in [-0.1, -0.05) is 17.7 Å². The lowest BCUT2D eigenvalue weighted by molar-refractivity contribution is 0.0916. The van der Waals surface area contributed by atoms with Gasteiger partial charge in [-0.15, -0.1) is 0 Å². The Balaban J connectivity index is 2.01. The van der Waals surface area contributed by atoms with E-state index in [0.29, 0.717) is 6.61 Å². The maximum absolute atomic E-state index is 11.9. The van der Waals surface area contributed by atoms with Crippen molar-refractivity contribution in [2.45, 2.75) is 31.3 Å². The van der Waals surface area contributed by atoms with E-state index in [0.717, 1.165) is 12.0 Å². The van der Waals surface area contributed by atoms with E-state index in [9.17, 15) is 8.42 Å². The van der Waals surface area contributed by atoms with Crippen LogP contribution in [0.3, 0.4) is 0 Å². The van der Waals surface area contributed by atoms with Gasteiger partial charge in [-0.2, -0.15) is 8.42 Å². The van der Waals surface area contributed by atoms with Gasteiger partial charge in [0.15, 0.2) is 0 Å². The third-order valence-electron chi connectivity index (χ3n) is 3.28. The molecule has 0 bridgehead atoms. The minimum atomic E-state index is -3.64. The fourth-order valence-corrected chi connectivity index (χ4v) is 2.90. The van der Waals surface area contributed by atoms with Crippen molar-refractivity contribution in [1.82, 2.24) is 0 Å². The quantitative estimate of drug-likeness (QED) is 0.786. The third kappa shape index (κ3) is 3.10. The van der Waals surface area contributed by atoms with Gasteiger partial charge in [0, 0.05) is 12.5 Å². The van der Waals surface area contributed by atoms with Crippen molar-refractivity contribution in [3.05, 3.63) is 29.8 Å². The molecular formula is C13H18O4S. The summed E-state index contributed by atoms with van der Waals surface area (Å²) in [6.45, 7) is 4.73. The molecule has 0 amide bonds. The van der Waals surface area contributed by atoms with Crippen LogP contribution in [-0.2, 0) is 19.0 Å². The van der Waals surface area contributed by atoms with Gasteiger partial charge in [0.25, 0.3) is 10.1 Å². The van der Waals surface area contributed by atoms with Gasteiger partial charge in [0.05, 0.1) is 17.6 Å². The van der Waals surface area contributed by atoms with Gasteiger partial charge in [-0.25, -0.2) is 0 Å². The van der Waals surface area contributed by atoms with Crippen LogP contribution in [0.5, 0.6) is 0 Å². The highest BCUT2D eigenvalue weighted by Gasteiger charge is 2.27. The largest absolute Gasteiger partial charge is 0.378 e. The van der Waals surface area contributed by atoms with E-state index in [4.69, 9.17) is 8.92 Å². The highest BCUT2D eigenvalue weighted by atomic mass is 32.2. The maximum atomic E-state index is 11.9. The maximum Gasteiger partial charge on any atom is 0.296 e. The molecule has 0 unspecified atom stereocenters. The molecule has 1 heterocycles. The van der Waals surface area contributed by atoms with E-state index in [2.05, 4.69) is 0 Å². The Labute approximate surface area is 108 Å². The van der Waals surface area contributed by atoms with Crippen molar-refractivity contribution >= 4 is 10.1 Å². The molecule has 0 spiro atoms. The standard InChI is InChI=1S/C13H18O4S/c1-10-3-5-13(6-4-10)18(14,15)17-9-12-7-8-16-11(12)2/h3-6,11-12H,7-9H2,1-2H3/t11-,12+/m0/s1. The Morgan fingerprint density at radius 2 is 2.00 bits per heavy atom. The average molecular weight is 270 g/mol. The molecule has 2 rings (SSSR count). The van der Waals surface area contributed by atoms with E-state index < -0.39 is 10.1 Å². The highest BCUT2D eigenvalue weighted by Crippen LogP contribution is 2.22. The third-order valence-corrected chi connectivity index (χ3v) is 4.58. The average Bonchev–Trinajstić information content (AvgIpc) is 2.73. The lowest BCUT2D eigenvalue weighted by atomic mass is 10.1. The zero-order valence-electron chi connectivity index (χ0n) is 10.6. The van der Waals surface area contributed by atoms with Crippen molar-refractivity contribution in [3.63, 3.8) is 0 Å². The molecule has 1 aromatic carbocycles. The van der Waals surface area contributed by atoms with E-state index in [-0.39, 0.29) is 23.5 Å². The molecule has 4 nitrogen and oxygen atoms in total. The molecule has 5 heteroatoms.